The number of hydrogen-bond acceptors (Lipinski definition) is 9. The molecule has 0 bridgehead atoms. The smallest absolute Gasteiger partial charge is 0.335 e. The molecule has 0 amide bonds. The van der Waals surface area contributed by atoms with Gasteiger partial charge in [0.2, 0.25) is 0 Å². The second kappa shape index (κ2) is 15.8. The zero-order valence-electron chi connectivity index (χ0n) is 19.6. The van der Waals surface area contributed by atoms with E-state index >= 15 is 0 Å². The Labute approximate surface area is 204 Å². The Bertz CT molecular complexity index is 888. The maximum Gasteiger partial charge on any atom is 0.335 e. The van der Waals surface area contributed by atoms with Gasteiger partial charge < -0.3 is 43.0 Å². The third-order valence-corrected chi connectivity index (χ3v) is 4.72. The number of rotatable bonds is 1. The second-order valence-electron chi connectivity index (χ2n) is 7.26. The zero-order chi connectivity index (χ0) is 24.6. The fourth-order valence-electron chi connectivity index (χ4n) is 3.05. The highest BCUT2D eigenvalue weighted by molar-refractivity contribution is 5.88. The van der Waals surface area contributed by atoms with Crippen molar-refractivity contribution in [1.29, 1.82) is 0 Å². The number of para-hydroxylation sites is 2. The van der Waals surface area contributed by atoms with Gasteiger partial charge in [-0.2, -0.15) is 0 Å². The highest BCUT2D eigenvalue weighted by atomic mass is 16.6. The van der Waals surface area contributed by atoms with Crippen LogP contribution in [-0.4, -0.2) is 90.4 Å². The molecule has 1 aliphatic rings. The van der Waals surface area contributed by atoms with Gasteiger partial charge in [0.05, 0.1) is 58.4 Å². The van der Waals surface area contributed by atoms with Crippen LogP contribution >= 0.6 is 0 Å². The van der Waals surface area contributed by atoms with Gasteiger partial charge in [-0.3, -0.25) is 0 Å². The van der Waals surface area contributed by atoms with Crippen molar-refractivity contribution in [2.75, 3.05) is 79.3 Å². The van der Waals surface area contributed by atoms with Gasteiger partial charge in [-0.15, -0.1) is 0 Å². The average Bonchev–Trinajstić information content (AvgIpc) is 2.86. The van der Waals surface area contributed by atoms with Crippen molar-refractivity contribution in [3.63, 3.8) is 0 Å². The van der Waals surface area contributed by atoms with Crippen LogP contribution in [0.3, 0.4) is 0 Å². The number of benzene rings is 2. The van der Waals surface area contributed by atoms with Crippen LogP contribution < -0.4 is 18.9 Å². The van der Waals surface area contributed by atoms with Gasteiger partial charge >= 0.3 is 5.97 Å². The summed E-state index contributed by atoms with van der Waals surface area (Å²) in [6, 6.07) is 11.9. The van der Waals surface area contributed by atoms with E-state index in [1.807, 2.05) is 24.3 Å². The molecule has 0 atom stereocenters. The molecule has 2 aromatic rings. The normalized spacial score (nSPS) is 17.6. The molecule has 0 radical (unpaired) electrons. The fourth-order valence-corrected chi connectivity index (χ4v) is 3.05. The van der Waals surface area contributed by atoms with Crippen molar-refractivity contribution >= 4 is 5.97 Å². The van der Waals surface area contributed by atoms with Crippen LogP contribution in [0.5, 0.6) is 23.0 Å². The standard InChI is InChI=1S/C25H32O10/c26-25(27)20-5-6-23-24(19-20)35-18-14-31-10-9-29-12-16-33-22-4-2-1-3-21(22)32-15-11-28-7-8-30-13-17-34-23/h1-6,19H,7-18H2,(H,26,27). The molecular formula is C25H32O10. The van der Waals surface area contributed by atoms with Crippen LogP contribution in [0.15, 0.2) is 42.5 Å². The minimum Gasteiger partial charge on any atom is -0.487 e. The lowest BCUT2D eigenvalue weighted by Gasteiger charge is -2.15. The van der Waals surface area contributed by atoms with Crippen LogP contribution in [-0.2, 0) is 18.9 Å². The number of ether oxygens (including phenoxy) is 8. The molecule has 0 unspecified atom stereocenters. The highest BCUT2D eigenvalue weighted by Gasteiger charge is 2.11. The first-order valence-corrected chi connectivity index (χ1v) is 11.5. The molecule has 10 nitrogen and oxygen atoms in total. The van der Waals surface area contributed by atoms with E-state index in [0.29, 0.717) is 89.1 Å². The van der Waals surface area contributed by atoms with Crippen LogP contribution in [0, 0.1) is 0 Å². The quantitative estimate of drug-likeness (QED) is 0.638. The summed E-state index contributed by atoms with van der Waals surface area (Å²) in [5.41, 5.74) is 0.108. The Morgan fingerprint density at radius 2 is 0.886 bits per heavy atom. The van der Waals surface area contributed by atoms with Crippen LogP contribution in [0.2, 0.25) is 0 Å². The summed E-state index contributed by atoms with van der Waals surface area (Å²) in [5, 5.41) is 9.25. The molecule has 0 saturated carbocycles. The molecule has 0 aromatic heterocycles. The van der Waals surface area contributed by atoms with E-state index in [4.69, 9.17) is 37.9 Å². The first-order valence-electron chi connectivity index (χ1n) is 11.5. The molecule has 2 aromatic carbocycles. The SMILES string of the molecule is O=C(O)c1ccc2c(c1)OCCOCCOCCOc1ccccc1OCCOCCOCCO2. The van der Waals surface area contributed by atoms with Crippen LogP contribution in [0.25, 0.3) is 0 Å². The number of carbonyl (C=O) groups is 1. The molecule has 0 fully saturated rings. The van der Waals surface area contributed by atoms with Gasteiger partial charge in [0.1, 0.15) is 26.4 Å². The predicted octanol–water partition coefficient (Wildman–Crippen LogP) is 2.68. The molecule has 0 spiro atoms. The highest BCUT2D eigenvalue weighted by Crippen LogP contribution is 2.29. The van der Waals surface area contributed by atoms with Crippen LogP contribution in [0.1, 0.15) is 10.4 Å². The number of aromatic carboxylic acids is 1. The fraction of sp³-hybridized carbons (Fsp3) is 0.480. The molecule has 192 valence electrons. The molecular weight excluding hydrogens is 460 g/mol. The summed E-state index contributed by atoms with van der Waals surface area (Å²) in [5.74, 6) is 1.02. The maximum absolute atomic E-state index is 11.3. The largest absolute Gasteiger partial charge is 0.487 e. The van der Waals surface area contributed by atoms with Crippen molar-refractivity contribution in [1.82, 2.24) is 0 Å². The number of carboxylic acids is 1. The first kappa shape index (κ1) is 26.6. The van der Waals surface area contributed by atoms with E-state index in [0.717, 1.165) is 0 Å². The third kappa shape index (κ3) is 9.99. The van der Waals surface area contributed by atoms with Crippen molar-refractivity contribution in [3.8, 4) is 23.0 Å². The Hall–Kier alpha value is -3.05. The summed E-state index contributed by atoms with van der Waals surface area (Å²) >= 11 is 0. The van der Waals surface area contributed by atoms with Crippen molar-refractivity contribution in [2.24, 2.45) is 0 Å². The lowest BCUT2D eigenvalue weighted by atomic mass is 10.2. The van der Waals surface area contributed by atoms with E-state index in [1.54, 1.807) is 6.07 Å². The topological polar surface area (TPSA) is 111 Å². The minimum absolute atomic E-state index is 0.108. The molecule has 0 saturated heterocycles. The zero-order valence-corrected chi connectivity index (χ0v) is 19.6. The van der Waals surface area contributed by atoms with Crippen molar-refractivity contribution in [3.05, 3.63) is 48.0 Å². The second-order valence-corrected chi connectivity index (χ2v) is 7.26. The van der Waals surface area contributed by atoms with Gasteiger partial charge in [0.25, 0.3) is 0 Å². The van der Waals surface area contributed by atoms with E-state index in [-0.39, 0.29) is 18.8 Å². The summed E-state index contributed by atoms with van der Waals surface area (Å²) in [7, 11) is 0. The monoisotopic (exact) mass is 492 g/mol. The molecule has 1 N–H and O–H groups in total. The maximum atomic E-state index is 11.3. The molecule has 3 rings (SSSR count). The molecule has 1 aliphatic heterocycles. The minimum atomic E-state index is -1.05. The summed E-state index contributed by atoms with van der Waals surface area (Å²) in [4.78, 5) is 11.3. The summed E-state index contributed by atoms with van der Waals surface area (Å²) < 4.78 is 45.1. The van der Waals surface area contributed by atoms with E-state index in [9.17, 15) is 9.90 Å². The Morgan fingerprint density at radius 3 is 1.31 bits per heavy atom. The lowest BCUT2D eigenvalue weighted by molar-refractivity contribution is 0.0223. The van der Waals surface area contributed by atoms with Crippen molar-refractivity contribution < 1.29 is 47.8 Å². The number of carboxylic acid groups (broad SMARTS) is 1. The van der Waals surface area contributed by atoms with Crippen molar-refractivity contribution in [2.45, 2.75) is 0 Å². The van der Waals surface area contributed by atoms with Gasteiger partial charge in [-0.05, 0) is 30.3 Å². The van der Waals surface area contributed by atoms with Gasteiger partial charge in [-0.25, -0.2) is 4.79 Å². The summed E-state index contributed by atoms with van der Waals surface area (Å²) in [6.45, 7) is 4.34. The Kier molecular flexibility index (Phi) is 12.0. The van der Waals surface area contributed by atoms with E-state index < -0.39 is 5.97 Å². The molecule has 0 aliphatic carbocycles. The van der Waals surface area contributed by atoms with E-state index in [1.165, 1.54) is 12.1 Å². The lowest BCUT2D eigenvalue weighted by Crippen LogP contribution is -2.15. The Morgan fingerprint density at radius 1 is 0.514 bits per heavy atom. The number of fused-ring (bicyclic) bond motifs is 2. The first-order chi connectivity index (χ1) is 17.2. The predicted molar refractivity (Wildman–Crippen MR) is 125 cm³/mol. The third-order valence-electron chi connectivity index (χ3n) is 4.72. The summed E-state index contributed by atoms with van der Waals surface area (Å²) in [6.07, 6.45) is 0. The van der Waals surface area contributed by atoms with Gasteiger partial charge in [0.15, 0.2) is 23.0 Å². The average molecular weight is 493 g/mol. The molecule has 35 heavy (non-hydrogen) atoms. The van der Waals surface area contributed by atoms with Gasteiger partial charge in [0, 0.05) is 0 Å². The van der Waals surface area contributed by atoms with E-state index in [2.05, 4.69) is 0 Å². The number of hydrogen-bond donors (Lipinski definition) is 1. The Balaban J connectivity index is 1.50. The molecule has 1 heterocycles. The van der Waals surface area contributed by atoms with Gasteiger partial charge in [-0.1, -0.05) is 12.1 Å². The molecule has 10 heteroatoms. The van der Waals surface area contributed by atoms with Crippen LogP contribution in [0.4, 0.5) is 0 Å².